The minimum absolute atomic E-state index is 0.00825. The number of benzene rings is 1. The average Bonchev–Trinajstić information content (AvgIpc) is 2.53. The molecular weight excluding hydrogens is 331 g/mol. The zero-order chi connectivity index (χ0) is 17.6. The second-order valence-electron chi connectivity index (χ2n) is 6.44. The van der Waals surface area contributed by atoms with Gasteiger partial charge in [-0.1, -0.05) is 12.1 Å². The Morgan fingerprint density at radius 1 is 1.25 bits per heavy atom. The number of nitrogens with zero attached hydrogens (tertiary/aromatic N) is 1. The third kappa shape index (κ3) is 6.97. The van der Waals surface area contributed by atoms with Crippen LogP contribution in [0.4, 0.5) is 4.39 Å². The van der Waals surface area contributed by atoms with Crippen LogP contribution in [0.3, 0.4) is 0 Å². The number of piperidine rings is 1. The molecule has 1 aromatic rings. The summed E-state index contributed by atoms with van der Waals surface area (Å²) in [6, 6.07) is 6.35. The van der Waals surface area contributed by atoms with Gasteiger partial charge in [0.05, 0.1) is 5.75 Å². The Kier molecular flexibility index (Phi) is 6.74. The smallest absolute Gasteiger partial charge is 0.220 e. The van der Waals surface area contributed by atoms with E-state index in [-0.39, 0.29) is 23.5 Å². The number of amides is 1. The summed E-state index contributed by atoms with van der Waals surface area (Å²) in [5.74, 6) is -0.0819. The minimum atomic E-state index is -2.93. The largest absolute Gasteiger partial charge is 0.353 e. The molecule has 7 heteroatoms. The molecule has 1 aromatic carbocycles. The number of aryl methyl sites for hydroxylation is 1. The Morgan fingerprint density at radius 3 is 2.46 bits per heavy atom. The van der Waals surface area contributed by atoms with Crippen molar-refractivity contribution in [2.75, 3.05) is 31.6 Å². The Morgan fingerprint density at radius 2 is 1.88 bits per heavy atom. The zero-order valence-corrected chi connectivity index (χ0v) is 14.8. The summed E-state index contributed by atoms with van der Waals surface area (Å²) >= 11 is 0. The van der Waals surface area contributed by atoms with Gasteiger partial charge in [-0.05, 0) is 37.0 Å². The molecule has 1 amide bonds. The number of nitrogens with one attached hydrogen (secondary N) is 1. The van der Waals surface area contributed by atoms with Gasteiger partial charge in [0.25, 0.3) is 0 Å². The molecule has 1 N–H and O–H groups in total. The lowest BCUT2D eigenvalue weighted by molar-refractivity contribution is -0.122. The van der Waals surface area contributed by atoms with Crippen molar-refractivity contribution in [1.82, 2.24) is 10.2 Å². The quantitative estimate of drug-likeness (QED) is 0.802. The number of carbonyl (C=O) groups excluding carboxylic acids is 1. The van der Waals surface area contributed by atoms with Crippen LogP contribution in [-0.2, 0) is 21.1 Å². The molecule has 1 heterocycles. The molecule has 0 unspecified atom stereocenters. The normalized spacial score (nSPS) is 16.9. The lowest BCUT2D eigenvalue weighted by Crippen LogP contribution is -2.45. The van der Waals surface area contributed by atoms with Gasteiger partial charge in [0.1, 0.15) is 15.7 Å². The number of likely N-dealkylation sites (tertiary alicyclic amines) is 1. The van der Waals surface area contributed by atoms with E-state index in [1.165, 1.54) is 18.4 Å². The Hall–Kier alpha value is -1.47. The van der Waals surface area contributed by atoms with Crippen LogP contribution in [0.1, 0.15) is 24.8 Å². The van der Waals surface area contributed by atoms with Crippen molar-refractivity contribution in [3.63, 3.8) is 0 Å². The van der Waals surface area contributed by atoms with Gasteiger partial charge in [0.2, 0.25) is 5.91 Å². The second kappa shape index (κ2) is 8.58. The first-order valence-electron chi connectivity index (χ1n) is 8.26. The summed E-state index contributed by atoms with van der Waals surface area (Å²) in [6.07, 6.45) is 3.92. The maximum Gasteiger partial charge on any atom is 0.220 e. The highest BCUT2D eigenvalue weighted by atomic mass is 32.2. The molecule has 0 spiro atoms. The number of rotatable bonds is 7. The van der Waals surface area contributed by atoms with Crippen LogP contribution in [0, 0.1) is 5.82 Å². The summed E-state index contributed by atoms with van der Waals surface area (Å²) < 4.78 is 35.2. The van der Waals surface area contributed by atoms with Gasteiger partial charge >= 0.3 is 0 Å². The maximum atomic E-state index is 12.8. The van der Waals surface area contributed by atoms with Crippen LogP contribution in [0.25, 0.3) is 0 Å². The highest BCUT2D eigenvalue weighted by molar-refractivity contribution is 7.90. The van der Waals surface area contributed by atoms with Gasteiger partial charge in [-0.25, -0.2) is 12.8 Å². The monoisotopic (exact) mass is 356 g/mol. The second-order valence-corrected chi connectivity index (χ2v) is 8.70. The summed E-state index contributed by atoms with van der Waals surface area (Å²) in [5.41, 5.74) is 0.946. The highest BCUT2D eigenvalue weighted by Gasteiger charge is 2.21. The van der Waals surface area contributed by atoms with Crippen molar-refractivity contribution >= 4 is 15.7 Å². The lowest BCUT2D eigenvalue weighted by Gasteiger charge is -2.32. The van der Waals surface area contributed by atoms with E-state index in [0.29, 0.717) is 19.4 Å². The van der Waals surface area contributed by atoms with E-state index in [1.54, 1.807) is 12.1 Å². The average molecular weight is 356 g/mol. The molecule has 0 radical (unpaired) electrons. The summed E-state index contributed by atoms with van der Waals surface area (Å²) in [6.45, 7) is 2.17. The maximum absolute atomic E-state index is 12.8. The topological polar surface area (TPSA) is 66.5 Å². The molecule has 0 bridgehead atoms. The first kappa shape index (κ1) is 18.9. The molecular formula is C17H25FN2O3S. The Balaban J connectivity index is 1.66. The van der Waals surface area contributed by atoms with E-state index in [9.17, 15) is 17.6 Å². The summed E-state index contributed by atoms with van der Waals surface area (Å²) in [4.78, 5) is 14.1. The third-order valence-electron chi connectivity index (χ3n) is 4.28. The van der Waals surface area contributed by atoms with E-state index in [2.05, 4.69) is 10.2 Å². The van der Waals surface area contributed by atoms with Gasteiger partial charge in [0, 0.05) is 38.4 Å². The number of halogens is 1. The molecule has 0 aromatic heterocycles. The first-order chi connectivity index (χ1) is 11.3. The zero-order valence-electron chi connectivity index (χ0n) is 14.0. The lowest BCUT2D eigenvalue weighted by atomic mass is 10.0. The van der Waals surface area contributed by atoms with Crippen LogP contribution in [0.5, 0.6) is 0 Å². The number of carbonyl (C=O) groups is 1. The van der Waals surface area contributed by atoms with Crippen molar-refractivity contribution in [2.24, 2.45) is 0 Å². The van der Waals surface area contributed by atoms with Crippen LogP contribution in [0.15, 0.2) is 24.3 Å². The predicted octanol–water partition coefficient (Wildman–Crippen LogP) is 1.38. The number of hydrogen-bond acceptors (Lipinski definition) is 4. The Bertz CT molecular complexity index is 638. The van der Waals surface area contributed by atoms with E-state index >= 15 is 0 Å². The van der Waals surface area contributed by atoms with Gasteiger partial charge < -0.3 is 10.2 Å². The van der Waals surface area contributed by atoms with Gasteiger partial charge in [0.15, 0.2) is 0 Å². The molecule has 24 heavy (non-hydrogen) atoms. The first-order valence-corrected chi connectivity index (χ1v) is 10.3. The van der Waals surface area contributed by atoms with E-state index in [0.717, 1.165) is 31.5 Å². The fourth-order valence-electron chi connectivity index (χ4n) is 2.80. The fourth-order valence-corrected chi connectivity index (χ4v) is 3.39. The molecule has 1 saturated heterocycles. The van der Waals surface area contributed by atoms with Crippen LogP contribution in [0.2, 0.25) is 0 Å². The molecule has 1 aliphatic rings. The van der Waals surface area contributed by atoms with Crippen molar-refractivity contribution in [2.45, 2.75) is 31.7 Å². The molecule has 0 aliphatic carbocycles. The van der Waals surface area contributed by atoms with Crippen molar-refractivity contribution < 1.29 is 17.6 Å². The van der Waals surface area contributed by atoms with Crippen molar-refractivity contribution in [3.8, 4) is 0 Å². The van der Waals surface area contributed by atoms with E-state index in [1.807, 2.05) is 0 Å². The fraction of sp³-hybridized carbons (Fsp3) is 0.588. The van der Waals surface area contributed by atoms with Crippen molar-refractivity contribution in [3.05, 3.63) is 35.6 Å². The summed E-state index contributed by atoms with van der Waals surface area (Å²) in [7, 11) is -2.93. The molecule has 0 atom stereocenters. The SMILES string of the molecule is CS(=O)(=O)CCN1CCC(NC(=O)CCc2ccc(F)cc2)CC1. The van der Waals surface area contributed by atoms with Gasteiger partial charge in [-0.2, -0.15) is 0 Å². The van der Waals surface area contributed by atoms with E-state index < -0.39 is 9.84 Å². The molecule has 2 rings (SSSR count). The van der Waals surface area contributed by atoms with Gasteiger partial charge in [-0.3, -0.25) is 4.79 Å². The molecule has 1 fully saturated rings. The minimum Gasteiger partial charge on any atom is -0.353 e. The third-order valence-corrected chi connectivity index (χ3v) is 5.21. The predicted molar refractivity (Wildman–Crippen MR) is 92.0 cm³/mol. The van der Waals surface area contributed by atoms with Gasteiger partial charge in [-0.15, -0.1) is 0 Å². The van der Waals surface area contributed by atoms with Crippen LogP contribution in [-0.4, -0.2) is 56.9 Å². The molecule has 1 aliphatic heterocycles. The standard InChI is InChI=1S/C17H25FN2O3S/c1-24(22,23)13-12-20-10-8-16(9-11-20)19-17(21)7-4-14-2-5-15(18)6-3-14/h2-3,5-6,16H,4,7-13H2,1H3,(H,19,21). The molecule has 0 saturated carbocycles. The highest BCUT2D eigenvalue weighted by Crippen LogP contribution is 2.11. The van der Waals surface area contributed by atoms with Crippen LogP contribution >= 0.6 is 0 Å². The molecule has 5 nitrogen and oxygen atoms in total. The summed E-state index contributed by atoms with van der Waals surface area (Å²) in [5, 5.41) is 3.04. The van der Waals surface area contributed by atoms with Crippen molar-refractivity contribution in [1.29, 1.82) is 0 Å². The van der Waals surface area contributed by atoms with Crippen LogP contribution < -0.4 is 5.32 Å². The Labute approximate surface area is 143 Å². The molecule has 134 valence electrons. The number of sulfone groups is 1. The van der Waals surface area contributed by atoms with E-state index in [4.69, 9.17) is 0 Å². The number of hydrogen-bond donors (Lipinski definition) is 1.